The number of hydrogen-bond donors (Lipinski definition) is 1. The van der Waals surface area contributed by atoms with Gasteiger partial charge in [0.2, 0.25) is 0 Å². The van der Waals surface area contributed by atoms with E-state index in [0.717, 1.165) is 30.6 Å². The maximum atomic E-state index is 10.7. The Hall–Kier alpha value is -0.0400. The van der Waals surface area contributed by atoms with Gasteiger partial charge in [-0.1, -0.05) is 13.8 Å². The molecule has 4 saturated carbocycles. The predicted octanol–water partition coefficient (Wildman–Crippen LogP) is 2.79. The molecule has 0 aromatic rings. The molecule has 0 saturated heterocycles. The van der Waals surface area contributed by atoms with E-state index in [2.05, 4.69) is 13.8 Å². The van der Waals surface area contributed by atoms with Crippen LogP contribution in [0.15, 0.2) is 0 Å². The largest absolute Gasteiger partial charge is 0.389 e. The maximum absolute atomic E-state index is 10.7. The average Bonchev–Trinajstić information content (AvgIpc) is 1.97. The monoisotopic (exact) mass is 193 g/mol. The third-order valence-electron chi connectivity index (χ3n) is 4.75. The molecule has 0 aromatic carbocycles. The molecule has 0 aromatic heterocycles. The Bertz CT molecular complexity index is 232. The van der Waals surface area contributed by atoms with Gasteiger partial charge in [-0.2, -0.15) is 0 Å². The molecule has 4 aliphatic carbocycles. The van der Waals surface area contributed by atoms with Crippen molar-refractivity contribution in [2.24, 2.45) is 23.7 Å². The summed E-state index contributed by atoms with van der Waals surface area (Å²) >= 11 is 0. The Morgan fingerprint density at radius 3 is 2.14 bits per heavy atom. The fourth-order valence-electron chi connectivity index (χ4n) is 4.81. The first-order valence-corrected chi connectivity index (χ1v) is 6.18. The molecular weight excluding hydrogens is 172 g/mol. The second kappa shape index (κ2) is 2.75. The van der Waals surface area contributed by atoms with Gasteiger partial charge in [-0.15, -0.1) is 0 Å². The van der Waals surface area contributed by atoms with Crippen molar-refractivity contribution >= 4 is 0 Å². The van der Waals surface area contributed by atoms with Crippen LogP contribution in [-0.4, -0.2) is 10.7 Å². The number of rotatable bonds is 1. The van der Waals surface area contributed by atoms with Gasteiger partial charge in [0.05, 0.1) is 5.60 Å². The van der Waals surface area contributed by atoms with Gasteiger partial charge in [-0.25, -0.2) is 0 Å². The highest BCUT2D eigenvalue weighted by atomic mass is 16.3. The minimum absolute atomic E-state index is 0.344. The highest BCUT2D eigenvalue weighted by Gasteiger charge is 2.57. The third-order valence-corrected chi connectivity index (χ3v) is 4.75. The molecule has 4 fully saturated rings. The van der Waals surface area contributed by atoms with Gasteiger partial charge < -0.3 is 5.11 Å². The highest BCUT2D eigenvalue weighted by molar-refractivity contribution is 5.23. The van der Waals surface area contributed by atoms with Gasteiger partial charge in [-0.3, -0.25) is 0 Å². The van der Waals surface area contributed by atoms with Gasteiger partial charge in [0.15, 0.2) is 0 Å². The molecule has 0 aliphatic heterocycles. The van der Waals surface area contributed by atoms with Gasteiger partial charge in [0.1, 0.15) is 0 Å². The summed E-state index contributed by atoms with van der Waals surface area (Å²) in [4.78, 5) is 0. The summed E-state index contributed by atoms with van der Waals surface area (Å²) in [5, 5.41) is 10.7. The maximum Gasteiger partial charge on any atom is 0.0720 e. The third kappa shape index (κ3) is 1.11. The second-order valence-electron chi connectivity index (χ2n) is 6.19. The van der Waals surface area contributed by atoms with Crippen LogP contribution < -0.4 is 0 Å². The summed E-state index contributed by atoms with van der Waals surface area (Å²) in [6.07, 6.45) is 6.32. The fraction of sp³-hybridized carbons (Fsp3) is 0.923. The van der Waals surface area contributed by atoms with Crippen molar-refractivity contribution in [1.29, 1.82) is 0 Å². The second-order valence-corrected chi connectivity index (χ2v) is 6.19. The Kier molecular flexibility index (Phi) is 1.81. The first kappa shape index (κ1) is 9.21. The van der Waals surface area contributed by atoms with Gasteiger partial charge >= 0.3 is 0 Å². The van der Waals surface area contributed by atoms with Gasteiger partial charge in [-0.05, 0) is 55.8 Å². The molecule has 79 valence electrons. The van der Waals surface area contributed by atoms with Crippen LogP contribution in [0.4, 0.5) is 0 Å². The zero-order valence-corrected chi connectivity index (χ0v) is 9.29. The summed E-state index contributed by atoms with van der Waals surface area (Å²) in [5.41, 5.74) is -0.344. The van der Waals surface area contributed by atoms with Crippen LogP contribution >= 0.6 is 0 Å². The van der Waals surface area contributed by atoms with E-state index in [1.54, 1.807) is 0 Å². The molecule has 0 spiro atoms. The first-order valence-electron chi connectivity index (χ1n) is 6.18. The minimum Gasteiger partial charge on any atom is -0.389 e. The van der Waals surface area contributed by atoms with E-state index < -0.39 is 0 Å². The highest BCUT2D eigenvalue weighted by Crippen LogP contribution is 2.61. The van der Waals surface area contributed by atoms with Crippen molar-refractivity contribution in [2.75, 3.05) is 0 Å². The van der Waals surface area contributed by atoms with E-state index in [1.165, 1.54) is 25.2 Å². The smallest absolute Gasteiger partial charge is 0.0720 e. The van der Waals surface area contributed by atoms with Crippen LogP contribution in [-0.2, 0) is 0 Å². The zero-order valence-electron chi connectivity index (χ0n) is 9.29. The van der Waals surface area contributed by atoms with E-state index in [9.17, 15) is 5.11 Å². The van der Waals surface area contributed by atoms with Gasteiger partial charge in [0, 0.05) is 5.92 Å². The van der Waals surface area contributed by atoms with Crippen molar-refractivity contribution < 1.29 is 5.11 Å². The molecule has 14 heavy (non-hydrogen) atoms. The van der Waals surface area contributed by atoms with Crippen molar-refractivity contribution in [2.45, 2.75) is 51.6 Å². The lowest BCUT2D eigenvalue weighted by molar-refractivity contribution is -0.111. The molecule has 0 amide bonds. The Morgan fingerprint density at radius 1 is 1.14 bits per heavy atom. The molecule has 1 N–H and O–H groups in total. The predicted molar refractivity (Wildman–Crippen MR) is 56.6 cm³/mol. The molecule has 2 unspecified atom stereocenters. The van der Waals surface area contributed by atoms with E-state index in [1.807, 2.05) is 0 Å². The van der Waals surface area contributed by atoms with Crippen LogP contribution in [0, 0.1) is 29.6 Å². The van der Waals surface area contributed by atoms with Crippen LogP contribution in [0.25, 0.3) is 0 Å². The van der Waals surface area contributed by atoms with E-state index >= 15 is 0 Å². The molecule has 4 bridgehead atoms. The summed E-state index contributed by atoms with van der Waals surface area (Å²) in [5.74, 6) is 4.56. The Morgan fingerprint density at radius 2 is 1.71 bits per heavy atom. The van der Waals surface area contributed by atoms with Crippen LogP contribution in [0.3, 0.4) is 0 Å². The summed E-state index contributed by atoms with van der Waals surface area (Å²) < 4.78 is 0. The van der Waals surface area contributed by atoms with Crippen LogP contribution in [0.2, 0.25) is 0 Å². The number of aliphatic hydroxyl groups is 1. The van der Waals surface area contributed by atoms with Crippen molar-refractivity contribution in [3.63, 3.8) is 0 Å². The van der Waals surface area contributed by atoms with Crippen molar-refractivity contribution in [1.82, 2.24) is 0 Å². The molecule has 0 heterocycles. The minimum atomic E-state index is -0.344. The summed E-state index contributed by atoms with van der Waals surface area (Å²) in [7, 11) is 0. The molecule has 4 rings (SSSR count). The number of hydrogen-bond acceptors (Lipinski definition) is 1. The SMILES string of the molecule is CC(C)[C]1C2CC3CC(C2)CC1(O)C3. The molecule has 2 atom stereocenters. The van der Waals surface area contributed by atoms with E-state index in [4.69, 9.17) is 0 Å². The molecule has 4 aliphatic rings. The molecule has 1 nitrogen and oxygen atoms in total. The average molecular weight is 193 g/mol. The quantitative estimate of drug-likeness (QED) is 0.679. The molecule has 1 heteroatoms. The van der Waals surface area contributed by atoms with Crippen LogP contribution in [0.5, 0.6) is 0 Å². The summed E-state index contributed by atoms with van der Waals surface area (Å²) in [6.45, 7) is 4.52. The van der Waals surface area contributed by atoms with E-state index in [-0.39, 0.29) is 5.60 Å². The van der Waals surface area contributed by atoms with Crippen LogP contribution in [0.1, 0.15) is 46.0 Å². The van der Waals surface area contributed by atoms with Crippen molar-refractivity contribution in [3.05, 3.63) is 5.92 Å². The Labute approximate surface area is 86.9 Å². The first-order chi connectivity index (χ1) is 6.58. The summed E-state index contributed by atoms with van der Waals surface area (Å²) in [6, 6.07) is 0. The van der Waals surface area contributed by atoms with Gasteiger partial charge in [0.25, 0.3) is 0 Å². The lowest BCUT2D eigenvalue weighted by Gasteiger charge is -2.59. The zero-order chi connectivity index (χ0) is 9.92. The lowest BCUT2D eigenvalue weighted by atomic mass is 9.48. The Balaban J connectivity index is 1.94. The molecule has 1 radical (unpaired) electrons. The fourth-order valence-corrected chi connectivity index (χ4v) is 4.81. The molecular formula is C13H21O. The van der Waals surface area contributed by atoms with Crippen molar-refractivity contribution in [3.8, 4) is 0 Å². The standard InChI is InChI=1S/C13H21O/c1-8(2)12-11-4-9-3-10(5-11)7-13(12,14)6-9/h8-11,14H,3-7H2,1-2H3. The lowest BCUT2D eigenvalue weighted by Crippen LogP contribution is -2.57. The topological polar surface area (TPSA) is 20.2 Å². The normalized spacial score (nSPS) is 51.9. The van der Waals surface area contributed by atoms with E-state index in [0.29, 0.717) is 5.92 Å².